The Balaban J connectivity index is 1.65. The fourth-order valence-corrected chi connectivity index (χ4v) is 3.82. The monoisotopic (exact) mass is 408 g/mol. The first-order valence-corrected chi connectivity index (χ1v) is 10.0. The summed E-state index contributed by atoms with van der Waals surface area (Å²) in [7, 11) is 1.77. The number of amides is 1. The van der Waals surface area contributed by atoms with Crippen LogP contribution in [0.4, 0.5) is 5.69 Å². The van der Waals surface area contributed by atoms with E-state index in [1.807, 2.05) is 66.7 Å². The Kier molecular flexibility index (Phi) is 4.59. The molecule has 0 saturated carbocycles. The number of carbonyl (C=O) groups is 1. The van der Waals surface area contributed by atoms with Gasteiger partial charge in [-0.05, 0) is 35.9 Å². The Labute approximate surface area is 178 Å². The second-order valence-corrected chi connectivity index (χ2v) is 7.38. The molecule has 3 aromatic heterocycles. The van der Waals surface area contributed by atoms with Crippen LogP contribution in [0.1, 0.15) is 16.1 Å². The van der Waals surface area contributed by atoms with Crippen molar-refractivity contribution in [3.63, 3.8) is 0 Å². The molecule has 5 rings (SSSR count). The number of benzene rings is 2. The van der Waals surface area contributed by atoms with Crippen LogP contribution in [0, 0.1) is 0 Å². The van der Waals surface area contributed by atoms with Crippen LogP contribution in [-0.2, 0) is 13.6 Å². The van der Waals surface area contributed by atoms with Gasteiger partial charge in [0.2, 0.25) is 0 Å². The second kappa shape index (κ2) is 7.57. The number of pyridine rings is 1. The zero-order chi connectivity index (χ0) is 21.4. The third-order valence-corrected chi connectivity index (χ3v) is 5.42. The molecule has 0 bridgehead atoms. The molecule has 0 unspecified atom stereocenters. The number of hydrogen-bond donors (Lipinski definition) is 0. The summed E-state index contributed by atoms with van der Waals surface area (Å²) in [6.45, 7) is 0.416. The topological polar surface area (TPSA) is 59.6 Å². The highest BCUT2D eigenvalue weighted by Crippen LogP contribution is 2.23. The van der Waals surface area contributed by atoms with Crippen LogP contribution in [0.3, 0.4) is 0 Å². The van der Waals surface area contributed by atoms with Gasteiger partial charge in [0, 0.05) is 18.9 Å². The van der Waals surface area contributed by atoms with Crippen molar-refractivity contribution in [2.75, 3.05) is 4.90 Å². The van der Waals surface area contributed by atoms with E-state index in [1.54, 1.807) is 40.9 Å². The molecule has 0 aliphatic rings. The summed E-state index contributed by atoms with van der Waals surface area (Å²) in [6.07, 6.45) is 1.68. The smallest absolute Gasteiger partial charge is 0.275 e. The van der Waals surface area contributed by atoms with Gasteiger partial charge in [0.1, 0.15) is 17.0 Å². The Bertz CT molecular complexity index is 1450. The third-order valence-electron chi connectivity index (χ3n) is 5.42. The predicted octanol–water partition coefficient (Wildman–Crippen LogP) is 4.03. The molecule has 1 amide bonds. The minimum absolute atomic E-state index is 0.190. The van der Waals surface area contributed by atoms with Crippen molar-refractivity contribution in [3.05, 3.63) is 113 Å². The van der Waals surface area contributed by atoms with Crippen molar-refractivity contribution in [1.29, 1.82) is 0 Å². The van der Waals surface area contributed by atoms with Gasteiger partial charge in [-0.3, -0.25) is 14.0 Å². The maximum atomic E-state index is 13.7. The molecule has 0 N–H and O–H groups in total. The van der Waals surface area contributed by atoms with Crippen molar-refractivity contribution < 1.29 is 4.79 Å². The average molecular weight is 408 g/mol. The van der Waals surface area contributed by atoms with E-state index in [-0.39, 0.29) is 11.5 Å². The Morgan fingerprint density at radius 1 is 0.935 bits per heavy atom. The van der Waals surface area contributed by atoms with Crippen molar-refractivity contribution in [2.24, 2.45) is 7.05 Å². The number of fused-ring (bicyclic) bond motifs is 2. The molecule has 0 saturated heterocycles. The van der Waals surface area contributed by atoms with E-state index in [0.717, 1.165) is 11.3 Å². The zero-order valence-electron chi connectivity index (χ0n) is 17.0. The summed E-state index contributed by atoms with van der Waals surface area (Å²) in [5.74, 6) is -0.191. The first kappa shape index (κ1) is 18.8. The molecule has 0 radical (unpaired) electrons. The van der Waals surface area contributed by atoms with E-state index in [4.69, 9.17) is 0 Å². The Hall–Kier alpha value is -4.19. The quantitative estimate of drug-likeness (QED) is 0.451. The van der Waals surface area contributed by atoms with E-state index < -0.39 is 0 Å². The number of anilines is 1. The Morgan fingerprint density at radius 3 is 2.35 bits per heavy atom. The highest BCUT2D eigenvalue weighted by atomic mass is 16.2. The molecule has 152 valence electrons. The van der Waals surface area contributed by atoms with Crippen LogP contribution >= 0.6 is 0 Å². The van der Waals surface area contributed by atoms with Crippen LogP contribution in [0.15, 0.2) is 95.9 Å². The molecule has 5 aromatic rings. The molecule has 0 aliphatic heterocycles. The first-order chi connectivity index (χ1) is 15.1. The standard InChI is InChI=1S/C25H20N4O2/c1-27-21(16-20-23(27)26-22-14-8-9-15-28(22)24(20)30)25(31)29(19-12-6-3-7-13-19)17-18-10-4-2-5-11-18/h2-16H,17H2,1H3. The van der Waals surface area contributed by atoms with Gasteiger partial charge in [-0.15, -0.1) is 0 Å². The normalized spacial score (nSPS) is 11.1. The predicted molar refractivity (Wildman–Crippen MR) is 121 cm³/mol. The largest absolute Gasteiger partial charge is 0.324 e. The lowest BCUT2D eigenvalue weighted by Crippen LogP contribution is -2.31. The van der Waals surface area contributed by atoms with Gasteiger partial charge in [-0.25, -0.2) is 4.98 Å². The minimum atomic E-state index is -0.191. The molecule has 0 fully saturated rings. The molecule has 6 nitrogen and oxygen atoms in total. The maximum absolute atomic E-state index is 13.7. The van der Waals surface area contributed by atoms with E-state index in [1.165, 1.54) is 4.40 Å². The first-order valence-electron chi connectivity index (χ1n) is 10.0. The number of hydrogen-bond acceptors (Lipinski definition) is 3. The third kappa shape index (κ3) is 3.28. The molecule has 3 heterocycles. The molecule has 2 aromatic carbocycles. The summed E-state index contributed by atoms with van der Waals surface area (Å²) in [4.78, 5) is 33.0. The number of rotatable bonds is 4. The Morgan fingerprint density at radius 2 is 1.61 bits per heavy atom. The van der Waals surface area contributed by atoms with Crippen LogP contribution in [0.5, 0.6) is 0 Å². The molecular formula is C25H20N4O2. The second-order valence-electron chi connectivity index (χ2n) is 7.38. The van der Waals surface area contributed by atoms with Crippen molar-refractivity contribution in [2.45, 2.75) is 6.54 Å². The van der Waals surface area contributed by atoms with E-state index in [9.17, 15) is 9.59 Å². The highest BCUT2D eigenvalue weighted by Gasteiger charge is 2.23. The molecule has 0 aliphatic carbocycles. The van der Waals surface area contributed by atoms with Crippen LogP contribution in [0.2, 0.25) is 0 Å². The van der Waals surface area contributed by atoms with Crippen LogP contribution in [0.25, 0.3) is 16.7 Å². The van der Waals surface area contributed by atoms with E-state index in [0.29, 0.717) is 28.9 Å². The number of para-hydroxylation sites is 1. The fourth-order valence-electron chi connectivity index (χ4n) is 3.82. The lowest BCUT2D eigenvalue weighted by molar-refractivity contribution is 0.0977. The molecule has 31 heavy (non-hydrogen) atoms. The molecule has 0 atom stereocenters. The van der Waals surface area contributed by atoms with Crippen LogP contribution < -0.4 is 10.5 Å². The van der Waals surface area contributed by atoms with Gasteiger partial charge in [-0.2, -0.15) is 0 Å². The number of aryl methyl sites for hydroxylation is 1. The summed E-state index contributed by atoms with van der Waals surface area (Å²) in [5.41, 5.74) is 3.07. The van der Waals surface area contributed by atoms with Gasteiger partial charge in [0.15, 0.2) is 0 Å². The lowest BCUT2D eigenvalue weighted by Gasteiger charge is -2.23. The molecule has 0 spiro atoms. The van der Waals surface area contributed by atoms with Gasteiger partial charge in [0.05, 0.1) is 11.9 Å². The highest BCUT2D eigenvalue weighted by molar-refractivity contribution is 6.07. The summed E-state index contributed by atoms with van der Waals surface area (Å²) >= 11 is 0. The summed E-state index contributed by atoms with van der Waals surface area (Å²) < 4.78 is 3.20. The minimum Gasteiger partial charge on any atom is -0.324 e. The van der Waals surface area contributed by atoms with Crippen molar-refractivity contribution >= 4 is 28.3 Å². The van der Waals surface area contributed by atoms with Gasteiger partial charge < -0.3 is 9.47 Å². The number of carbonyl (C=O) groups excluding carboxylic acids is 1. The summed E-state index contributed by atoms with van der Waals surface area (Å²) in [5, 5.41) is 0.419. The molecular weight excluding hydrogens is 388 g/mol. The molecule has 6 heteroatoms. The van der Waals surface area contributed by atoms with E-state index >= 15 is 0 Å². The number of aromatic nitrogens is 3. The van der Waals surface area contributed by atoms with E-state index in [2.05, 4.69) is 4.98 Å². The lowest BCUT2D eigenvalue weighted by atomic mass is 10.2. The average Bonchev–Trinajstić information content (AvgIpc) is 3.15. The zero-order valence-corrected chi connectivity index (χ0v) is 17.0. The van der Waals surface area contributed by atoms with Crippen molar-refractivity contribution in [1.82, 2.24) is 14.0 Å². The summed E-state index contributed by atoms with van der Waals surface area (Å²) in [6, 6.07) is 26.4. The van der Waals surface area contributed by atoms with Crippen LogP contribution in [-0.4, -0.2) is 19.9 Å². The van der Waals surface area contributed by atoms with Crippen molar-refractivity contribution in [3.8, 4) is 0 Å². The maximum Gasteiger partial charge on any atom is 0.275 e. The number of nitrogens with zero attached hydrogens (tertiary/aromatic N) is 4. The fraction of sp³-hybridized carbons (Fsp3) is 0.0800. The van der Waals surface area contributed by atoms with Gasteiger partial charge in [0.25, 0.3) is 11.5 Å². The van der Waals surface area contributed by atoms with Gasteiger partial charge in [-0.1, -0.05) is 54.6 Å². The van der Waals surface area contributed by atoms with Gasteiger partial charge >= 0.3 is 0 Å². The SMILES string of the molecule is Cn1c(C(=O)N(Cc2ccccc2)c2ccccc2)cc2c(=O)n3ccccc3nc21.